The Morgan fingerprint density at radius 1 is 1.03 bits per heavy atom. The monoisotopic (exact) mass is 430 g/mol. The summed E-state index contributed by atoms with van der Waals surface area (Å²) >= 11 is 0. The summed E-state index contributed by atoms with van der Waals surface area (Å²) in [6.45, 7) is 7.49. The molecule has 1 atom stereocenters. The summed E-state index contributed by atoms with van der Waals surface area (Å²) in [6, 6.07) is 5.79. The molecule has 2 fully saturated rings. The van der Waals surface area contributed by atoms with Gasteiger partial charge in [0.05, 0.1) is 13.2 Å². The van der Waals surface area contributed by atoms with Gasteiger partial charge in [-0.3, -0.25) is 9.69 Å². The first-order chi connectivity index (χ1) is 15.1. The summed E-state index contributed by atoms with van der Waals surface area (Å²) in [6.07, 6.45) is 4.61. The molecule has 3 amide bonds. The van der Waals surface area contributed by atoms with E-state index in [4.69, 9.17) is 9.47 Å². The molecule has 0 spiro atoms. The Balaban J connectivity index is 1.22. The third kappa shape index (κ3) is 5.42. The second-order valence-corrected chi connectivity index (χ2v) is 8.57. The lowest BCUT2D eigenvalue weighted by Crippen LogP contribution is -2.46. The number of urea groups is 1. The van der Waals surface area contributed by atoms with E-state index in [1.54, 1.807) is 11.0 Å². The van der Waals surface area contributed by atoms with Crippen LogP contribution in [0.15, 0.2) is 18.2 Å². The normalized spacial score (nSPS) is 22.1. The Kier molecular flexibility index (Phi) is 7.17. The molecule has 1 aromatic rings. The predicted octanol–water partition coefficient (Wildman–Crippen LogP) is 2.69. The van der Waals surface area contributed by atoms with Crippen molar-refractivity contribution in [1.82, 2.24) is 15.1 Å². The number of anilines is 1. The van der Waals surface area contributed by atoms with Crippen molar-refractivity contribution in [3.63, 3.8) is 0 Å². The maximum atomic E-state index is 12.7. The highest BCUT2D eigenvalue weighted by molar-refractivity contribution is 5.90. The molecule has 0 unspecified atom stereocenters. The van der Waals surface area contributed by atoms with Crippen LogP contribution in [-0.2, 0) is 4.79 Å². The van der Waals surface area contributed by atoms with Crippen LogP contribution in [0, 0.1) is 5.92 Å². The first kappa shape index (κ1) is 21.7. The van der Waals surface area contributed by atoms with E-state index in [1.165, 1.54) is 6.42 Å². The highest BCUT2D eigenvalue weighted by Gasteiger charge is 2.29. The predicted molar refractivity (Wildman–Crippen MR) is 119 cm³/mol. The second kappa shape index (κ2) is 10.2. The zero-order chi connectivity index (χ0) is 21.6. The SMILES string of the molecule is CCN1CCC[C@H]1CNC(=O)C1CCN(C(=O)Nc2ccc3c(c2)OCCCO3)CC1. The number of ether oxygens (including phenoxy) is 2. The summed E-state index contributed by atoms with van der Waals surface area (Å²) in [5, 5.41) is 6.10. The number of rotatable bonds is 5. The number of likely N-dealkylation sites (N-methyl/N-ethyl adjacent to an activating group) is 1. The lowest BCUT2D eigenvalue weighted by molar-refractivity contribution is -0.126. The Bertz CT molecular complexity index is 779. The third-order valence-corrected chi connectivity index (χ3v) is 6.57. The topological polar surface area (TPSA) is 83.1 Å². The fourth-order valence-electron chi connectivity index (χ4n) is 4.69. The van der Waals surface area contributed by atoms with Gasteiger partial charge in [-0.2, -0.15) is 0 Å². The Morgan fingerprint density at radius 3 is 2.58 bits per heavy atom. The molecule has 170 valence electrons. The lowest BCUT2D eigenvalue weighted by atomic mass is 9.96. The molecule has 0 aliphatic carbocycles. The van der Waals surface area contributed by atoms with Crippen molar-refractivity contribution in [3.8, 4) is 11.5 Å². The Labute approximate surface area is 184 Å². The molecule has 2 saturated heterocycles. The minimum absolute atomic E-state index is 0.0152. The van der Waals surface area contributed by atoms with Gasteiger partial charge in [0.25, 0.3) is 0 Å². The van der Waals surface area contributed by atoms with Crippen LogP contribution in [0.2, 0.25) is 0 Å². The smallest absolute Gasteiger partial charge is 0.321 e. The van der Waals surface area contributed by atoms with Gasteiger partial charge < -0.3 is 25.0 Å². The van der Waals surface area contributed by atoms with Gasteiger partial charge in [0.2, 0.25) is 5.91 Å². The molecule has 1 aromatic carbocycles. The maximum Gasteiger partial charge on any atom is 0.321 e. The van der Waals surface area contributed by atoms with Gasteiger partial charge in [0, 0.05) is 49.8 Å². The zero-order valence-corrected chi connectivity index (χ0v) is 18.4. The molecule has 3 aliphatic rings. The minimum Gasteiger partial charge on any atom is -0.490 e. The molecule has 3 heterocycles. The average Bonchev–Trinajstić information content (AvgIpc) is 3.13. The van der Waals surface area contributed by atoms with E-state index in [-0.39, 0.29) is 17.9 Å². The van der Waals surface area contributed by atoms with Crippen molar-refractivity contribution in [2.45, 2.75) is 45.1 Å². The van der Waals surface area contributed by atoms with E-state index in [0.29, 0.717) is 62.4 Å². The Morgan fingerprint density at radius 2 is 1.81 bits per heavy atom. The maximum absolute atomic E-state index is 12.7. The van der Waals surface area contributed by atoms with E-state index in [9.17, 15) is 9.59 Å². The number of piperidine rings is 1. The molecular weight excluding hydrogens is 396 g/mol. The lowest BCUT2D eigenvalue weighted by Gasteiger charge is -2.32. The third-order valence-electron chi connectivity index (χ3n) is 6.57. The molecule has 8 nitrogen and oxygen atoms in total. The zero-order valence-electron chi connectivity index (χ0n) is 18.4. The second-order valence-electron chi connectivity index (χ2n) is 8.57. The minimum atomic E-state index is -0.141. The van der Waals surface area contributed by atoms with Crippen molar-refractivity contribution < 1.29 is 19.1 Å². The standard InChI is InChI=1S/C23H34N4O4/c1-2-26-10-3-5-19(26)16-24-22(28)17-8-11-27(12-9-17)23(29)25-18-6-7-20-21(15-18)31-14-4-13-30-20/h6-7,15,17,19H,2-5,8-14,16H2,1H3,(H,24,28)(H,25,29)/t19-/m0/s1. The summed E-state index contributed by atoms with van der Waals surface area (Å²) in [5.41, 5.74) is 0.686. The van der Waals surface area contributed by atoms with Crippen LogP contribution >= 0.6 is 0 Å². The van der Waals surface area contributed by atoms with Crippen molar-refractivity contribution in [2.75, 3.05) is 51.3 Å². The van der Waals surface area contributed by atoms with Crippen LogP contribution < -0.4 is 20.1 Å². The molecule has 31 heavy (non-hydrogen) atoms. The van der Waals surface area contributed by atoms with Crippen molar-refractivity contribution in [2.24, 2.45) is 5.92 Å². The first-order valence-corrected chi connectivity index (χ1v) is 11.6. The molecule has 4 rings (SSSR count). The van der Waals surface area contributed by atoms with E-state index < -0.39 is 0 Å². The van der Waals surface area contributed by atoms with E-state index in [2.05, 4.69) is 22.5 Å². The van der Waals surface area contributed by atoms with E-state index >= 15 is 0 Å². The number of amides is 3. The van der Waals surface area contributed by atoms with Crippen molar-refractivity contribution in [3.05, 3.63) is 18.2 Å². The van der Waals surface area contributed by atoms with Gasteiger partial charge >= 0.3 is 6.03 Å². The number of hydrogen-bond donors (Lipinski definition) is 2. The summed E-state index contributed by atoms with van der Waals surface area (Å²) in [7, 11) is 0. The van der Waals surface area contributed by atoms with Crippen LogP contribution in [0.25, 0.3) is 0 Å². The average molecular weight is 431 g/mol. The van der Waals surface area contributed by atoms with Gasteiger partial charge in [-0.25, -0.2) is 4.79 Å². The summed E-state index contributed by atoms with van der Waals surface area (Å²) in [5.74, 6) is 1.49. The van der Waals surface area contributed by atoms with Gasteiger partial charge in [-0.1, -0.05) is 6.92 Å². The number of nitrogens with one attached hydrogen (secondary N) is 2. The molecule has 0 bridgehead atoms. The number of carbonyl (C=O) groups excluding carboxylic acids is 2. The largest absolute Gasteiger partial charge is 0.490 e. The molecule has 0 aromatic heterocycles. The number of fused-ring (bicyclic) bond motifs is 1. The van der Waals surface area contributed by atoms with Crippen molar-refractivity contribution in [1.29, 1.82) is 0 Å². The van der Waals surface area contributed by atoms with E-state index in [0.717, 1.165) is 32.5 Å². The van der Waals surface area contributed by atoms with Crippen LogP contribution in [-0.4, -0.2) is 73.7 Å². The van der Waals surface area contributed by atoms with Gasteiger partial charge in [-0.05, 0) is 50.9 Å². The van der Waals surface area contributed by atoms with Crippen molar-refractivity contribution >= 4 is 17.6 Å². The molecular formula is C23H34N4O4. The molecule has 3 aliphatic heterocycles. The Hall–Kier alpha value is -2.48. The van der Waals surface area contributed by atoms with Gasteiger partial charge in [0.15, 0.2) is 11.5 Å². The molecule has 0 radical (unpaired) electrons. The number of likely N-dealkylation sites (tertiary alicyclic amines) is 2. The van der Waals surface area contributed by atoms with Gasteiger partial charge in [-0.15, -0.1) is 0 Å². The number of hydrogen-bond acceptors (Lipinski definition) is 5. The van der Waals surface area contributed by atoms with Crippen LogP contribution in [0.5, 0.6) is 11.5 Å². The van der Waals surface area contributed by atoms with Crippen LogP contribution in [0.3, 0.4) is 0 Å². The number of benzene rings is 1. The molecule has 8 heteroatoms. The number of carbonyl (C=O) groups is 2. The van der Waals surface area contributed by atoms with E-state index in [1.807, 2.05) is 12.1 Å². The summed E-state index contributed by atoms with van der Waals surface area (Å²) < 4.78 is 11.3. The molecule has 2 N–H and O–H groups in total. The van der Waals surface area contributed by atoms with Crippen LogP contribution in [0.4, 0.5) is 10.5 Å². The fourth-order valence-corrected chi connectivity index (χ4v) is 4.69. The first-order valence-electron chi connectivity index (χ1n) is 11.6. The van der Waals surface area contributed by atoms with Gasteiger partial charge in [0.1, 0.15) is 0 Å². The molecule has 0 saturated carbocycles. The number of nitrogens with zero attached hydrogens (tertiary/aromatic N) is 2. The van der Waals surface area contributed by atoms with Crippen LogP contribution in [0.1, 0.15) is 39.0 Å². The summed E-state index contributed by atoms with van der Waals surface area (Å²) in [4.78, 5) is 29.5. The fraction of sp³-hybridized carbons (Fsp3) is 0.652. The highest BCUT2D eigenvalue weighted by Crippen LogP contribution is 2.32. The highest BCUT2D eigenvalue weighted by atomic mass is 16.5. The quantitative estimate of drug-likeness (QED) is 0.751.